The predicted molar refractivity (Wildman–Crippen MR) is 177 cm³/mol. The SMILES string of the molecule is CC(C)([C](=[Zr+2]([C]1=CC=CC1)[CH]1c2ccccc2-c2ccc3ccccc3c21)C(C)(C)c1ccccc1)c1ccccc1.[Cl-].[Cl-]. The van der Waals surface area contributed by atoms with Gasteiger partial charge in [0, 0.05) is 0 Å². The Hall–Kier alpha value is -2.83. The smallest absolute Gasteiger partial charge is 1.00 e. The third-order valence-corrected chi connectivity index (χ3v) is 19.6. The molecule has 2 aliphatic carbocycles. The standard InChI is InChI=1S/C19H22.C17H11.C5H5.2ClH.Zr/c1-18(2,16-11-7-5-8-12-16)15-19(3,4)17-13-9-6-10-14-17;1-3-7-14-12(5-1)9-10-16-15-8-4-2-6-13(15)11-17(14)16;1-2-4-5-3-1;;;/h5-14H,1-4H3;1-11H;1-3H,4H2;2*1H;/q;;;;;+2/p-2. The van der Waals surface area contributed by atoms with Gasteiger partial charge in [0.1, 0.15) is 0 Å². The summed E-state index contributed by atoms with van der Waals surface area (Å²) in [6, 6.07) is 45.7. The fraction of sp³-hybridized carbons (Fsp3) is 0.195. The Bertz CT molecular complexity index is 1840. The Morgan fingerprint density at radius 1 is 0.614 bits per heavy atom. The largest absolute Gasteiger partial charge is 1.00 e. The van der Waals surface area contributed by atoms with Crippen molar-refractivity contribution in [3.05, 3.63) is 165 Å². The van der Waals surface area contributed by atoms with E-state index in [1.807, 2.05) is 0 Å². The minimum absolute atomic E-state index is 0. The molecule has 1 atom stereocenters. The van der Waals surface area contributed by atoms with Crippen molar-refractivity contribution in [2.45, 2.75) is 48.6 Å². The first-order valence-corrected chi connectivity index (χ1v) is 19.1. The van der Waals surface area contributed by atoms with Gasteiger partial charge in [-0.15, -0.1) is 0 Å². The third-order valence-electron chi connectivity index (χ3n) is 9.74. The maximum atomic E-state index is 2.51. The van der Waals surface area contributed by atoms with Gasteiger partial charge >= 0.3 is 260 Å². The van der Waals surface area contributed by atoms with Crippen molar-refractivity contribution in [2.75, 3.05) is 0 Å². The number of rotatable bonds is 6. The number of benzene rings is 5. The van der Waals surface area contributed by atoms with Gasteiger partial charge in [-0.3, -0.25) is 0 Å². The van der Waals surface area contributed by atoms with E-state index in [-0.39, 0.29) is 35.6 Å². The van der Waals surface area contributed by atoms with E-state index in [4.69, 9.17) is 0 Å². The summed E-state index contributed by atoms with van der Waals surface area (Å²) in [5.74, 6) is 0. The molecule has 2 aliphatic rings. The molecule has 0 saturated carbocycles. The van der Waals surface area contributed by atoms with Crippen LogP contribution in [0.2, 0.25) is 0 Å². The van der Waals surface area contributed by atoms with Crippen LogP contribution < -0.4 is 24.8 Å². The molecule has 0 aromatic heterocycles. The molecule has 0 nitrogen and oxygen atoms in total. The van der Waals surface area contributed by atoms with Gasteiger partial charge in [0.15, 0.2) is 0 Å². The van der Waals surface area contributed by atoms with Gasteiger partial charge in [0.25, 0.3) is 0 Å². The average molecular weight is 693 g/mol. The molecule has 44 heavy (non-hydrogen) atoms. The molecular weight excluding hydrogens is 655 g/mol. The van der Waals surface area contributed by atoms with Crippen molar-refractivity contribution in [3.8, 4) is 11.1 Å². The normalized spacial score (nSPS) is 14.9. The third kappa shape index (κ3) is 5.36. The molecule has 220 valence electrons. The summed E-state index contributed by atoms with van der Waals surface area (Å²) in [5, 5.41) is 2.77. The van der Waals surface area contributed by atoms with Gasteiger partial charge in [0.2, 0.25) is 0 Å². The molecule has 0 amide bonds. The summed E-state index contributed by atoms with van der Waals surface area (Å²) in [5.41, 5.74) is 8.59. The molecule has 0 N–H and O–H groups in total. The van der Waals surface area contributed by atoms with E-state index in [2.05, 4.69) is 167 Å². The zero-order chi connectivity index (χ0) is 28.9. The Morgan fingerprint density at radius 3 is 1.80 bits per heavy atom. The van der Waals surface area contributed by atoms with Crippen LogP contribution in [0.25, 0.3) is 21.9 Å². The quantitative estimate of drug-likeness (QED) is 0.246. The van der Waals surface area contributed by atoms with E-state index in [0.717, 1.165) is 6.42 Å². The number of allylic oxidation sites excluding steroid dienone is 4. The number of hydrogen-bond acceptors (Lipinski definition) is 0. The van der Waals surface area contributed by atoms with Crippen LogP contribution in [0.15, 0.2) is 143 Å². The van der Waals surface area contributed by atoms with Gasteiger partial charge in [-0.1, -0.05) is 0 Å². The summed E-state index contributed by atoms with van der Waals surface area (Å²) in [6.07, 6.45) is 8.29. The van der Waals surface area contributed by atoms with E-state index in [1.54, 1.807) is 12.1 Å². The maximum Gasteiger partial charge on any atom is -1.00 e. The molecule has 0 saturated heterocycles. The van der Waals surface area contributed by atoms with E-state index in [9.17, 15) is 0 Å². The van der Waals surface area contributed by atoms with E-state index in [1.165, 1.54) is 38.6 Å². The molecule has 0 radical (unpaired) electrons. The predicted octanol–water partition coefficient (Wildman–Crippen LogP) is 4.51. The Morgan fingerprint density at radius 2 is 1.18 bits per heavy atom. The summed E-state index contributed by atoms with van der Waals surface area (Å²) in [4.78, 5) is 0. The van der Waals surface area contributed by atoms with Crippen LogP contribution in [0.3, 0.4) is 0 Å². The monoisotopic (exact) mass is 690 g/mol. The van der Waals surface area contributed by atoms with Crippen molar-refractivity contribution in [3.63, 3.8) is 0 Å². The van der Waals surface area contributed by atoms with Gasteiger partial charge in [0.05, 0.1) is 0 Å². The molecule has 7 rings (SSSR count). The van der Waals surface area contributed by atoms with Crippen molar-refractivity contribution in [1.29, 1.82) is 0 Å². The number of hydrogen-bond donors (Lipinski definition) is 0. The summed E-state index contributed by atoms with van der Waals surface area (Å²) >= 11 is -2.79. The van der Waals surface area contributed by atoms with Crippen molar-refractivity contribution in [1.82, 2.24) is 0 Å². The molecule has 5 aromatic carbocycles. The molecular formula is C41H38Cl2Zr. The van der Waals surface area contributed by atoms with Crippen molar-refractivity contribution >= 4 is 14.0 Å². The molecule has 0 aliphatic heterocycles. The Balaban J connectivity index is 0.00000192. The first kappa shape index (κ1) is 32.6. The van der Waals surface area contributed by atoms with Gasteiger partial charge in [-0.25, -0.2) is 0 Å². The summed E-state index contributed by atoms with van der Waals surface area (Å²) in [7, 11) is 0. The second kappa shape index (κ2) is 12.9. The molecule has 3 heteroatoms. The van der Waals surface area contributed by atoms with E-state index in [0.29, 0.717) is 3.63 Å². The van der Waals surface area contributed by atoms with Crippen molar-refractivity contribution in [2.24, 2.45) is 0 Å². The molecule has 0 heterocycles. The van der Waals surface area contributed by atoms with Crippen molar-refractivity contribution < 1.29 is 46.1 Å². The zero-order valence-corrected chi connectivity index (χ0v) is 29.8. The van der Waals surface area contributed by atoms with Crippen LogP contribution in [0.5, 0.6) is 0 Å². The summed E-state index contributed by atoms with van der Waals surface area (Å²) in [6.45, 7) is 10.0. The van der Waals surface area contributed by atoms with Gasteiger partial charge < -0.3 is 24.8 Å². The molecule has 1 unspecified atom stereocenters. The van der Waals surface area contributed by atoms with Gasteiger partial charge in [-0.2, -0.15) is 0 Å². The molecule has 0 fully saturated rings. The fourth-order valence-corrected chi connectivity index (χ4v) is 18.7. The van der Waals surface area contributed by atoms with Crippen LogP contribution in [0, 0.1) is 0 Å². The van der Waals surface area contributed by atoms with E-state index >= 15 is 0 Å². The molecule has 0 bridgehead atoms. The second-order valence-corrected chi connectivity index (χ2v) is 19.1. The van der Waals surface area contributed by atoms with Crippen LogP contribution in [-0.4, -0.2) is 3.21 Å². The summed E-state index contributed by atoms with van der Waals surface area (Å²) < 4.78 is 3.89. The fourth-order valence-electron chi connectivity index (χ4n) is 7.88. The topological polar surface area (TPSA) is 0 Å². The second-order valence-electron chi connectivity index (χ2n) is 12.9. The number of halogens is 2. The van der Waals surface area contributed by atoms with E-state index < -0.39 is 21.3 Å². The number of fused-ring (bicyclic) bond motifs is 5. The zero-order valence-electron chi connectivity index (χ0n) is 25.8. The Labute approximate surface area is 282 Å². The Kier molecular flexibility index (Phi) is 9.53. The average Bonchev–Trinajstić information content (AvgIpc) is 3.68. The first-order valence-electron chi connectivity index (χ1n) is 15.2. The van der Waals surface area contributed by atoms with Crippen LogP contribution in [0.4, 0.5) is 0 Å². The van der Waals surface area contributed by atoms with Gasteiger partial charge in [-0.05, 0) is 0 Å². The van der Waals surface area contributed by atoms with Crippen LogP contribution in [0.1, 0.15) is 60.0 Å². The minimum Gasteiger partial charge on any atom is -1.00 e. The van der Waals surface area contributed by atoms with Crippen LogP contribution in [-0.2, 0) is 32.1 Å². The first-order chi connectivity index (χ1) is 20.4. The molecule has 5 aromatic rings. The minimum atomic E-state index is -2.79. The maximum absolute atomic E-state index is 2.79. The molecule has 0 spiro atoms. The van der Waals surface area contributed by atoms with Crippen LogP contribution >= 0.6 is 0 Å².